The minimum absolute atomic E-state index is 0.164. The highest BCUT2D eigenvalue weighted by molar-refractivity contribution is 7.15. The van der Waals surface area contributed by atoms with E-state index in [1.165, 1.54) is 11.3 Å². The lowest BCUT2D eigenvalue weighted by atomic mass is 10.1. The summed E-state index contributed by atoms with van der Waals surface area (Å²) in [6, 6.07) is 13.2. The number of fused-ring (bicyclic) bond motifs is 2. The molecule has 0 unspecified atom stereocenters. The highest BCUT2D eigenvalue weighted by Gasteiger charge is 2.28. The Morgan fingerprint density at radius 1 is 1.10 bits per heavy atom. The topological polar surface area (TPSA) is 78.9 Å². The van der Waals surface area contributed by atoms with Gasteiger partial charge in [0.1, 0.15) is 6.61 Å². The van der Waals surface area contributed by atoms with Gasteiger partial charge >= 0.3 is 0 Å². The van der Waals surface area contributed by atoms with Gasteiger partial charge in [-0.15, -0.1) is 11.3 Å². The van der Waals surface area contributed by atoms with Crippen LogP contribution in [-0.4, -0.2) is 30.4 Å². The van der Waals surface area contributed by atoms with E-state index in [0.717, 1.165) is 27.6 Å². The Hall–Kier alpha value is -3.26. The van der Waals surface area contributed by atoms with E-state index in [-0.39, 0.29) is 19.3 Å². The number of aryl methyl sites for hydroxylation is 1. The van der Waals surface area contributed by atoms with Crippen molar-refractivity contribution in [2.45, 2.75) is 19.4 Å². The van der Waals surface area contributed by atoms with E-state index >= 15 is 0 Å². The van der Waals surface area contributed by atoms with Gasteiger partial charge < -0.3 is 18.9 Å². The van der Waals surface area contributed by atoms with E-state index < -0.39 is 6.10 Å². The maximum atomic E-state index is 12.6. The molecule has 5 rings (SSSR count). The molecule has 3 aromatic rings. The van der Waals surface area contributed by atoms with E-state index in [4.69, 9.17) is 18.9 Å². The van der Waals surface area contributed by atoms with E-state index in [0.29, 0.717) is 23.1 Å². The van der Waals surface area contributed by atoms with Crippen LogP contribution < -0.4 is 24.3 Å². The summed E-state index contributed by atoms with van der Waals surface area (Å²) in [4.78, 5) is 18.2. The Bertz CT molecular complexity index is 1080. The van der Waals surface area contributed by atoms with Gasteiger partial charge in [-0.05, 0) is 36.8 Å². The van der Waals surface area contributed by atoms with Crippen molar-refractivity contribution in [2.24, 2.45) is 0 Å². The number of nitrogens with zero attached hydrogens (tertiary/aromatic N) is 1. The first kappa shape index (κ1) is 17.8. The fourth-order valence-electron chi connectivity index (χ4n) is 3.22. The lowest BCUT2D eigenvalue weighted by molar-refractivity contribution is -0.125. The minimum atomic E-state index is -0.716. The summed E-state index contributed by atoms with van der Waals surface area (Å²) in [7, 11) is 0. The molecule has 1 aromatic heterocycles. The van der Waals surface area contributed by atoms with E-state index in [1.807, 2.05) is 43.3 Å². The average molecular weight is 410 g/mol. The summed E-state index contributed by atoms with van der Waals surface area (Å²) in [5, 5.41) is 3.40. The maximum Gasteiger partial charge on any atom is 0.270 e. The van der Waals surface area contributed by atoms with Crippen LogP contribution in [0.2, 0.25) is 0 Å². The highest BCUT2D eigenvalue weighted by Crippen LogP contribution is 2.35. The summed E-state index contributed by atoms with van der Waals surface area (Å²) in [5.74, 6) is 2.46. The Morgan fingerprint density at radius 2 is 1.90 bits per heavy atom. The van der Waals surface area contributed by atoms with E-state index in [9.17, 15) is 4.79 Å². The van der Waals surface area contributed by atoms with Gasteiger partial charge in [-0.1, -0.05) is 18.2 Å². The number of carbonyl (C=O) groups excluding carboxylic acids is 1. The van der Waals surface area contributed by atoms with E-state index in [2.05, 4.69) is 10.3 Å². The molecule has 0 fully saturated rings. The van der Waals surface area contributed by atoms with Gasteiger partial charge in [-0.2, -0.15) is 0 Å². The molecular formula is C21H18N2O5S. The second-order valence-electron chi connectivity index (χ2n) is 6.75. The van der Waals surface area contributed by atoms with Crippen LogP contribution in [0.3, 0.4) is 0 Å². The quantitative estimate of drug-likeness (QED) is 0.709. The lowest BCUT2D eigenvalue weighted by Gasteiger charge is -2.25. The number of hydrogen-bond donors (Lipinski definition) is 1. The van der Waals surface area contributed by atoms with Gasteiger partial charge in [0.25, 0.3) is 5.91 Å². The molecule has 7 nitrogen and oxygen atoms in total. The standard InChI is InChI=1S/C21H18N2O5S/c1-12-19(9-13-6-7-15-17(8-13)27-11-26-15)29-21(22-12)23-20(24)18-10-25-14-4-2-3-5-16(14)28-18/h2-8,18H,9-11H2,1H3,(H,22,23,24)/t18-/m0/s1. The first-order valence-corrected chi connectivity index (χ1v) is 10.0. The van der Waals surface area contributed by atoms with Gasteiger partial charge in [0, 0.05) is 11.3 Å². The van der Waals surface area contributed by atoms with Crippen molar-refractivity contribution in [3.05, 3.63) is 58.6 Å². The third kappa shape index (κ3) is 3.58. The molecule has 3 heterocycles. The van der Waals surface area contributed by atoms with E-state index in [1.54, 1.807) is 6.07 Å². The zero-order valence-electron chi connectivity index (χ0n) is 15.6. The number of thiazole rings is 1. The van der Waals surface area contributed by atoms with Crippen LogP contribution in [0.4, 0.5) is 5.13 Å². The molecule has 1 amide bonds. The summed E-state index contributed by atoms with van der Waals surface area (Å²) in [5.41, 5.74) is 1.98. The number of aromatic nitrogens is 1. The Kier molecular flexibility index (Phi) is 4.48. The number of ether oxygens (including phenoxy) is 4. The molecule has 2 aromatic carbocycles. The third-order valence-electron chi connectivity index (χ3n) is 4.73. The number of para-hydroxylation sites is 2. The number of carbonyl (C=O) groups is 1. The van der Waals surface area contributed by atoms with Gasteiger partial charge in [0.15, 0.2) is 28.1 Å². The molecule has 2 aliphatic heterocycles. The van der Waals surface area contributed by atoms with Crippen LogP contribution in [0, 0.1) is 6.92 Å². The van der Waals surface area contributed by atoms with Crippen LogP contribution in [-0.2, 0) is 11.2 Å². The van der Waals surface area contributed by atoms with Crippen molar-refractivity contribution in [3.8, 4) is 23.0 Å². The van der Waals surface area contributed by atoms with Crippen LogP contribution in [0.1, 0.15) is 16.1 Å². The van der Waals surface area contributed by atoms with Crippen molar-refractivity contribution in [1.82, 2.24) is 4.98 Å². The van der Waals surface area contributed by atoms with Crippen molar-refractivity contribution in [3.63, 3.8) is 0 Å². The molecule has 0 spiro atoms. The van der Waals surface area contributed by atoms with Crippen molar-refractivity contribution >= 4 is 22.4 Å². The smallest absolute Gasteiger partial charge is 0.270 e. The number of hydrogen-bond acceptors (Lipinski definition) is 7. The normalized spacial score (nSPS) is 16.5. The zero-order valence-corrected chi connectivity index (χ0v) is 16.5. The molecular weight excluding hydrogens is 392 g/mol. The molecule has 29 heavy (non-hydrogen) atoms. The highest BCUT2D eigenvalue weighted by atomic mass is 32.1. The molecule has 0 aliphatic carbocycles. The Labute approximate surface area is 171 Å². The molecule has 0 saturated heterocycles. The van der Waals surface area contributed by atoms with Crippen LogP contribution in [0.15, 0.2) is 42.5 Å². The first-order valence-electron chi connectivity index (χ1n) is 9.20. The number of benzene rings is 2. The predicted molar refractivity (Wildman–Crippen MR) is 107 cm³/mol. The maximum absolute atomic E-state index is 12.6. The monoisotopic (exact) mass is 410 g/mol. The number of amides is 1. The summed E-state index contributed by atoms with van der Waals surface area (Å²) in [6.07, 6.45) is -0.0155. The fraction of sp³-hybridized carbons (Fsp3) is 0.238. The van der Waals surface area contributed by atoms with Crippen LogP contribution in [0.25, 0.3) is 0 Å². The first-order chi connectivity index (χ1) is 14.2. The van der Waals surface area contributed by atoms with Crippen molar-refractivity contribution in [2.75, 3.05) is 18.7 Å². The Morgan fingerprint density at radius 3 is 2.79 bits per heavy atom. The van der Waals surface area contributed by atoms with Crippen LogP contribution in [0.5, 0.6) is 23.0 Å². The predicted octanol–water partition coefficient (Wildman–Crippen LogP) is 3.55. The fourth-order valence-corrected chi connectivity index (χ4v) is 4.22. The van der Waals surface area contributed by atoms with Crippen molar-refractivity contribution < 1.29 is 23.7 Å². The number of rotatable bonds is 4. The second-order valence-corrected chi connectivity index (χ2v) is 7.83. The third-order valence-corrected chi connectivity index (χ3v) is 5.80. The molecule has 2 aliphatic rings. The largest absolute Gasteiger partial charge is 0.485 e. The molecule has 1 N–H and O–H groups in total. The van der Waals surface area contributed by atoms with Crippen LogP contribution >= 0.6 is 11.3 Å². The molecule has 0 saturated carbocycles. The van der Waals surface area contributed by atoms with Crippen molar-refractivity contribution in [1.29, 1.82) is 0 Å². The summed E-state index contributed by atoms with van der Waals surface area (Å²) >= 11 is 1.45. The Balaban J connectivity index is 1.26. The summed E-state index contributed by atoms with van der Waals surface area (Å²) in [6.45, 7) is 2.36. The molecule has 0 radical (unpaired) electrons. The summed E-state index contributed by atoms with van der Waals surface area (Å²) < 4.78 is 22.2. The van der Waals surface area contributed by atoms with Gasteiger partial charge in [0.05, 0.1) is 5.69 Å². The minimum Gasteiger partial charge on any atom is -0.485 e. The van der Waals surface area contributed by atoms with Gasteiger partial charge in [-0.3, -0.25) is 10.1 Å². The molecule has 8 heteroatoms. The van der Waals surface area contributed by atoms with Gasteiger partial charge in [0.2, 0.25) is 12.9 Å². The average Bonchev–Trinajstić information content (AvgIpc) is 3.33. The molecule has 1 atom stereocenters. The zero-order chi connectivity index (χ0) is 19.8. The number of nitrogens with one attached hydrogen (secondary N) is 1. The second kappa shape index (κ2) is 7.29. The molecule has 148 valence electrons. The molecule has 0 bridgehead atoms. The number of anilines is 1. The SMILES string of the molecule is Cc1nc(NC(=O)[C@@H]2COc3ccccc3O2)sc1Cc1ccc2c(c1)OCO2. The lowest BCUT2D eigenvalue weighted by Crippen LogP contribution is -2.40. The van der Waals surface area contributed by atoms with Gasteiger partial charge in [-0.25, -0.2) is 4.98 Å².